The van der Waals surface area contributed by atoms with E-state index in [1.54, 1.807) is 0 Å². The van der Waals surface area contributed by atoms with Gasteiger partial charge in [0.2, 0.25) is 0 Å². The molecule has 1 saturated heterocycles. The monoisotopic (exact) mass is 376 g/mol. The molecule has 1 aliphatic heterocycles. The molecule has 0 saturated carbocycles. The number of hydrogen-bond donors (Lipinski definition) is 3. The molecule has 11 nitrogen and oxygen atoms in total. The number of nitrogens with zero attached hydrogens (tertiary/aromatic N) is 3. The van der Waals surface area contributed by atoms with E-state index in [0.29, 0.717) is 0 Å². The third-order valence-electron chi connectivity index (χ3n) is 4.11. The molecular formula is C16H16N4O7. The molecule has 3 atom stereocenters. The maximum Gasteiger partial charge on any atom is 0.351 e. The highest BCUT2D eigenvalue weighted by molar-refractivity contribution is 6.03. The van der Waals surface area contributed by atoms with E-state index in [-0.39, 0.29) is 30.1 Å². The van der Waals surface area contributed by atoms with E-state index >= 15 is 0 Å². The maximum atomic E-state index is 12.2. The van der Waals surface area contributed by atoms with E-state index in [2.05, 4.69) is 10.3 Å². The fourth-order valence-electron chi connectivity index (χ4n) is 2.67. The molecule has 2 aromatic rings. The minimum Gasteiger partial charge on any atom is -0.394 e. The minimum atomic E-state index is -0.895. The van der Waals surface area contributed by atoms with Gasteiger partial charge in [-0.05, 0) is 18.2 Å². The van der Waals surface area contributed by atoms with Crippen LogP contribution in [0.1, 0.15) is 23.0 Å². The molecule has 2 heterocycles. The van der Waals surface area contributed by atoms with Gasteiger partial charge >= 0.3 is 5.69 Å². The molecule has 3 N–H and O–H groups in total. The zero-order chi connectivity index (χ0) is 19.6. The summed E-state index contributed by atoms with van der Waals surface area (Å²) in [4.78, 5) is 38.1. The van der Waals surface area contributed by atoms with Crippen molar-refractivity contribution in [2.75, 3.05) is 11.9 Å². The summed E-state index contributed by atoms with van der Waals surface area (Å²) in [6.45, 7) is -0.372. The lowest BCUT2D eigenvalue weighted by Gasteiger charge is -2.14. The maximum absolute atomic E-state index is 12.2. The molecule has 27 heavy (non-hydrogen) atoms. The lowest BCUT2D eigenvalue weighted by atomic mass is 10.2. The number of aromatic nitrogens is 2. The number of hydrogen-bond acceptors (Lipinski definition) is 8. The van der Waals surface area contributed by atoms with Gasteiger partial charge in [-0.25, -0.2) is 4.79 Å². The number of non-ortho nitro benzene ring substituents is 1. The largest absolute Gasteiger partial charge is 0.394 e. The van der Waals surface area contributed by atoms with Gasteiger partial charge in [0.1, 0.15) is 18.1 Å². The Hall–Kier alpha value is -3.15. The molecule has 1 aliphatic rings. The molecule has 0 aliphatic carbocycles. The summed E-state index contributed by atoms with van der Waals surface area (Å²) in [5.41, 5.74) is -0.681. The molecule has 1 aromatic carbocycles. The van der Waals surface area contributed by atoms with Crippen LogP contribution in [0.4, 0.5) is 11.5 Å². The van der Waals surface area contributed by atoms with Gasteiger partial charge in [-0.15, -0.1) is 0 Å². The number of nitro benzene ring substituents is 1. The second-order valence-corrected chi connectivity index (χ2v) is 5.88. The summed E-state index contributed by atoms with van der Waals surface area (Å²) < 4.78 is 6.54. The van der Waals surface area contributed by atoms with Gasteiger partial charge in [0.15, 0.2) is 0 Å². The minimum absolute atomic E-state index is 0.00291. The number of anilines is 1. The number of nitrogens with one attached hydrogen (secondary N) is 1. The highest BCUT2D eigenvalue weighted by Gasteiger charge is 2.34. The normalized spacial score (nSPS) is 21.8. The first kappa shape index (κ1) is 18.6. The zero-order valence-corrected chi connectivity index (χ0v) is 13.9. The third-order valence-corrected chi connectivity index (χ3v) is 4.11. The fourth-order valence-corrected chi connectivity index (χ4v) is 2.67. The molecular weight excluding hydrogens is 360 g/mol. The second kappa shape index (κ2) is 7.61. The van der Waals surface area contributed by atoms with Crippen molar-refractivity contribution in [2.24, 2.45) is 0 Å². The summed E-state index contributed by atoms with van der Waals surface area (Å²) in [5, 5.41) is 31.9. The highest BCUT2D eigenvalue weighted by Crippen LogP contribution is 2.27. The van der Waals surface area contributed by atoms with Crippen molar-refractivity contribution in [2.45, 2.75) is 24.9 Å². The Morgan fingerprint density at radius 1 is 1.37 bits per heavy atom. The number of ether oxygens (including phenoxy) is 1. The lowest BCUT2D eigenvalue weighted by molar-refractivity contribution is -0.384. The van der Waals surface area contributed by atoms with E-state index in [0.717, 1.165) is 4.57 Å². The van der Waals surface area contributed by atoms with Crippen molar-refractivity contribution in [3.63, 3.8) is 0 Å². The summed E-state index contributed by atoms with van der Waals surface area (Å²) in [5.74, 6) is -0.584. The molecule has 1 amide bonds. The third kappa shape index (κ3) is 4.00. The average Bonchev–Trinajstić information content (AvgIpc) is 3.02. The van der Waals surface area contributed by atoms with E-state index in [1.165, 1.54) is 36.5 Å². The Bertz CT molecular complexity index is 912. The smallest absolute Gasteiger partial charge is 0.351 e. The quantitative estimate of drug-likeness (QED) is 0.488. The number of aliphatic hydroxyl groups is 2. The first-order chi connectivity index (χ1) is 12.9. The highest BCUT2D eigenvalue weighted by atomic mass is 16.6. The van der Waals surface area contributed by atoms with Gasteiger partial charge in [-0.3, -0.25) is 19.5 Å². The van der Waals surface area contributed by atoms with Gasteiger partial charge in [-0.1, -0.05) is 0 Å². The van der Waals surface area contributed by atoms with Crippen LogP contribution in [0.25, 0.3) is 0 Å². The van der Waals surface area contributed by atoms with Crippen molar-refractivity contribution in [1.82, 2.24) is 9.55 Å². The summed E-state index contributed by atoms with van der Waals surface area (Å²) in [7, 11) is 0. The van der Waals surface area contributed by atoms with Crippen molar-refractivity contribution in [1.29, 1.82) is 0 Å². The predicted octanol–water partition coefficient (Wildman–Crippen LogP) is 0.0445. The van der Waals surface area contributed by atoms with Gasteiger partial charge in [0.05, 0.1) is 17.6 Å². The molecule has 0 unspecified atom stereocenters. The van der Waals surface area contributed by atoms with Crippen LogP contribution in [0.3, 0.4) is 0 Å². The van der Waals surface area contributed by atoms with Gasteiger partial charge in [-0.2, -0.15) is 4.98 Å². The Morgan fingerprint density at radius 2 is 2.07 bits per heavy atom. The van der Waals surface area contributed by atoms with Crippen LogP contribution < -0.4 is 11.0 Å². The SMILES string of the molecule is O=C(Nc1ccn([C@H]2C[C@H](O)[C@@H](CO)O2)c(=O)n1)c1ccc([N+](=O)[O-])cc1. The average molecular weight is 376 g/mol. The van der Waals surface area contributed by atoms with Crippen molar-refractivity contribution >= 4 is 17.4 Å². The lowest BCUT2D eigenvalue weighted by Crippen LogP contribution is -2.28. The number of nitro groups is 1. The first-order valence-corrected chi connectivity index (χ1v) is 7.98. The fraction of sp³-hybridized carbons (Fsp3) is 0.312. The molecule has 0 radical (unpaired) electrons. The molecule has 1 fully saturated rings. The van der Waals surface area contributed by atoms with Gasteiger partial charge in [0, 0.05) is 30.3 Å². The number of rotatable bonds is 5. The van der Waals surface area contributed by atoms with E-state index in [4.69, 9.17) is 9.84 Å². The molecule has 11 heteroatoms. The number of carbonyl (C=O) groups excluding carboxylic acids is 1. The van der Waals surface area contributed by atoms with Crippen molar-refractivity contribution < 1.29 is 24.7 Å². The summed E-state index contributed by atoms with van der Waals surface area (Å²) >= 11 is 0. The second-order valence-electron chi connectivity index (χ2n) is 5.88. The number of benzene rings is 1. The van der Waals surface area contributed by atoms with E-state index in [1.807, 2.05) is 0 Å². The van der Waals surface area contributed by atoms with Crippen LogP contribution in [0, 0.1) is 10.1 Å². The van der Waals surface area contributed by atoms with E-state index in [9.17, 15) is 24.8 Å². The Labute approximate surface area is 152 Å². The van der Waals surface area contributed by atoms with Crippen LogP contribution in [0.2, 0.25) is 0 Å². The first-order valence-electron chi connectivity index (χ1n) is 7.98. The number of carbonyl (C=O) groups is 1. The van der Waals surface area contributed by atoms with Crippen LogP contribution in [0.15, 0.2) is 41.3 Å². The molecule has 3 rings (SSSR count). The molecule has 0 spiro atoms. The Morgan fingerprint density at radius 3 is 2.63 bits per heavy atom. The number of aliphatic hydroxyl groups excluding tert-OH is 2. The Kier molecular flexibility index (Phi) is 5.26. The predicted molar refractivity (Wildman–Crippen MR) is 91.2 cm³/mol. The van der Waals surface area contributed by atoms with Gasteiger partial charge in [0.25, 0.3) is 11.6 Å². The summed E-state index contributed by atoms with van der Waals surface area (Å²) in [6, 6.07) is 6.35. The topological polar surface area (TPSA) is 157 Å². The van der Waals surface area contributed by atoms with Gasteiger partial charge < -0.3 is 20.3 Å². The zero-order valence-electron chi connectivity index (χ0n) is 13.9. The molecule has 1 aromatic heterocycles. The Balaban J connectivity index is 1.71. The summed E-state index contributed by atoms with van der Waals surface area (Å²) in [6.07, 6.45) is -0.951. The van der Waals surface area contributed by atoms with E-state index < -0.39 is 35.0 Å². The molecule has 142 valence electrons. The standard InChI is InChI=1S/C16H16N4O7/c21-8-12-11(22)7-14(27-12)19-6-5-13(18-16(19)24)17-15(23)9-1-3-10(4-2-9)20(25)26/h1-6,11-12,14,21-22H,7-8H2,(H,17,18,23,24)/t11-,12+,14+/m0/s1. The van der Waals surface area contributed by atoms with Crippen LogP contribution >= 0.6 is 0 Å². The van der Waals surface area contributed by atoms with Crippen molar-refractivity contribution in [3.8, 4) is 0 Å². The van der Waals surface area contributed by atoms with Crippen LogP contribution in [0.5, 0.6) is 0 Å². The van der Waals surface area contributed by atoms with Crippen molar-refractivity contribution in [3.05, 3.63) is 62.7 Å². The van der Waals surface area contributed by atoms with Crippen LogP contribution in [-0.2, 0) is 4.74 Å². The number of amides is 1. The molecule has 0 bridgehead atoms. The van der Waals surface area contributed by atoms with Crippen LogP contribution in [-0.4, -0.2) is 49.4 Å².